The van der Waals surface area contributed by atoms with E-state index in [1.165, 1.54) is 0 Å². The third-order valence-electron chi connectivity index (χ3n) is 3.00. The molecule has 0 aliphatic carbocycles. The number of nitrogens with one attached hydrogen (secondary N) is 1. The molecule has 2 aromatic heterocycles. The molecule has 1 atom stereocenters. The Morgan fingerprint density at radius 1 is 1.39 bits per heavy atom. The lowest BCUT2D eigenvalue weighted by atomic mass is 10.1. The van der Waals surface area contributed by atoms with Gasteiger partial charge in [-0.25, -0.2) is 9.97 Å². The molecule has 1 unspecified atom stereocenters. The molecule has 3 N–H and O–H groups in total. The zero-order valence-electron chi connectivity index (χ0n) is 10.1. The van der Waals surface area contributed by atoms with Gasteiger partial charge in [-0.05, 0) is 5.92 Å². The second-order valence-corrected chi connectivity index (χ2v) is 5.93. The number of hydrogen-bond acceptors (Lipinski definition) is 6. The third kappa shape index (κ3) is 1.74. The van der Waals surface area contributed by atoms with E-state index in [-0.39, 0.29) is 17.0 Å². The molecule has 6 nitrogen and oxygen atoms in total. The standard InChI is InChI=1S/C11H13N5OS/c1-4(2)6-3-5-10(18-6)14-8-7(13-5)9(17)16-11(12)15-8/h4,6H,3H2,1-2H3,(H3,12,14,15,16,17). The third-order valence-corrected chi connectivity index (χ3v) is 4.56. The first-order valence-corrected chi connectivity index (χ1v) is 6.65. The molecule has 0 fully saturated rings. The summed E-state index contributed by atoms with van der Waals surface area (Å²) in [7, 11) is 0. The van der Waals surface area contributed by atoms with Crippen LogP contribution in [0.15, 0.2) is 9.82 Å². The number of hydrogen-bond donors (Lipinski definition) is 2. The van der Waals surface area contributed by atoms with Gasteiger partial charge in [0, 0.05) is 11.7 Å². The van der Waals surface area contributed by atoms with Gasteiger partial charge in [-0.3, -0.25) is 9.78 Å². The fraction of sp³-hybridized carbons (Fsp3) is 0.455. The van der Waals surface area contributed by atoms with Gasteiger partial charge in [0.25, 0.3) is 5.56 Å². The van der Waals surface area contributed by atoms with Crippen molar-refractivity contribution in [2.75, 3.05) is 5.73 Å². The average molecular weight is 263 g/mol. The molecule has 0 saturated carbocycles. The van der Waals surface area contributed by atoms with Crippen molar-refractivity contribution in [2.45, 2.75) is 30.5 Å². The highest BCUT2D eigenvalue weighted by Gasteiger charge is 2.28. The zero-order valence-corrected chi connectivity index (χ0v) is 10.9. The number of H-pyrrole nitrogens is 1. The quantitative estimate of drug-likeness (QED) is 0.795. The van der Waals surface area contributed by atoms with Crippen LogP contribution in [0.2, 0.25) is 0 Å². The van der Waals surface area contributed by atoms with E-state index in [0.29, 0.717) is 16.8 Å². The number of aromatic amines is 1. The van der Waals surface area contributed by atoms with Crippen molar-refractivity contribution in [1.82, 2.24) is 19.9 Å². The second-order valence-electron chi connectivity index (χ2n) is 4.70. The Hall–Kier alpha value is -1.63. The van der Waals surface area contributed by atoms with Crippen LogP contribution in [0.5, 0.6) is 0 Å². The van der Waals surface area contributed by atoms with Crippen molar-refractivity contribution in [3.05, 3.63) is 16.0 Å². The first-order chi connectivity index (χ1) is 8.54. The molecule has 0 saturated heterocycles. The molecule has 0 bridgehead atoms. The Kier molecular flexibility index (Phi) is 2.51. The summed E-state index contributed by atoms with van der Waals surface area (Å²) >= 11 is 1.70. The summed E-state index contributed by atoms with van der Waals surface area (Å²) in [6.45, 7) is 4.35. The SMILES string of the molecule is CC(C)C1Cc2nc3c(=O)[nH]c(N)nc3nc2S1. The van der Waals surface area contributed by atoms with Crippen molar-refractivity contribution in [3.8, 4) is 0 Å². The largest absolute Gasteiger partial charge is 0.369 e. The maximum atomic E-state index is 11.7. The maximum Gasteiger partial charge on any atom is 0.280 e. The first kappa shape index (κ1) is 11.5. The summed E-state index contributed by atoms with van der Waals surface area (Å²) in [6, 6.07) is 0. The number of aromatic nitrogens is 4. The van der Waals surface area contributed by atoms with E-state index < -0.39 is 0 Å². The number of nitrogen functional groups attached to an aromatic ring is 1. The monoisotopic (exact) mass is 263 g/mol. The van der Waals surface area contributed by atoms with E-state index >= 15 is 0 Å². The summed E-state index contributed by atoms with van der Waals surface area (Å²) in [5.74, 6) is 0.621. The number of fused-ring (bicyclic) bond motifs is 2. The molecule has 1 aliphatic heterocycles. The molecule has 1 aliphatic rings. The van der Waals surface area contributed by atoms with Gasteiger partial charge in [-0.1, -0.05) is 13.8 Å². The van der Waals surface area contributed by atoms with Crippen molar-refractivity contribution in [1.29, 1.82) is 0 Å². The molecular formula is C11H13N5OS. The van der Waals surface area contributed by atoms with Crippen molar-refractivity contribution in [2.24, 2.45) is 5.92 Å². The fourth-order valence-electron chi connectivity index (χ4n) is 1.97. The van der Waals surface area contributed by atoms with Crippen LogP contribution in [0.1, 0.15) is 19.5 Å². The zero-order chi connectivity index (χ0) is 12.9. The van der Waals surface area contributed by atoms with Crippen LogP contribution < -0.4 is 11.3 Å². The van der Waals surface area contributed by atoms with Gasteiger partial charge >= 0.3 is 0 Å². The Labute approximate surface area is 107 Å². The summed E-state index contributed by atoms with van der Waals surface area (Å²) in [5, 5.41) is 1.34. The molecule has 3 rings (SSSR count). The second kappa shape index (κ2) is 3.94. The molecule has 0 spiro atoms. The number of anilines is 1. The summed E-state index contributed by atoms with van der Waals surface area (Å²) in [4.78, 5) is 27.0. The molecule has 0 aromatic carbocycles. The highest BCUT2D eigenvalue weighted by molar-refractivity contribution is 8.00. The van der Waals surface area contributed by atoms with Crippen molar-refractivity contribution < 1.29 is 0 Å². The van der Waals surface area contributed by atoms with Gasteiger partial charge in [-0.15, -0.1) is 11.8 Å². The lowest BCUT2D eigenvalue weighted by Crippen LogP contribution is -2.14. The topological polar surface area (TPSA) is 97.5 Å². The van der Waals surface area contributed by atoms with E-state index in [4.69, 9.17) is 5.73 Å². The average Bonchev–Trinajstić information content (AvgIpc) is 2.69. The number of rotatable bonds is 1. The predicted molar refractivity (Wildman–Crippen MR) is 70.6 cm³/mol. The molecule has 94 valence electrons. The van der Waals surface area contributed by atoms with Crippen LogP contribution in [0, 0.1) is 5.92 Å². The molecule has 18 heavy (non-hydrogen) atoms. The van der Waals surface area contributed by atoms with Crippen molar-refractivity contribution in [3.63, 3.8) is 0 Å². The number of nitrogens with zero attached hydrogens (tertiary/aromatic N) is 3. The van der Waals surface area contributed by atoms with E-state index in [1.54, 1.807) is 11.8 Å². The van der Waals surface area contributed by atoms with Gasteiger partial charge in [-0.2, -0.15) is 4.98 Å². The maximum absolute atomic E-state index is 11.7. The Bertz CT molecular complexity index is 681. The van der Waals surface area contributed by atoms with Gasteiger partial charge in [0.1, 0.15) is 5.03 Å². The van der Waals surface area contributed by atoms with Gasteiger partial charge < -0.3 is 5.73 Å². The summed E-state index contributed by atoms with van der Waals surface area (Å²) in [6.07, 6.45) is 0.852. The summed E-state index contributed by atoms with van der Waals surface area (Å²) in [5.41, 5.74) is 6.67. The highest BCUT2D eigenvalue weighted by atomic mass is 32.2. The van der Waals surface area contributed by atoms with Crippen LogP contribution in [-0.4, -0.2) is 25.2 Å². The predicted octanol–water partition coefficient (Wildman–Crippen LogP) is 0.968. The van der Waals surface area contributed by atoms with E-state index in [9.17, 15) is 4.79 Å². The number of thioether (sulfide) groups is 1. The van der Waals surface area contributed by atoms with E-state index in [2.05, 4.69) is 33.8 Å². The van der Waals surface area contributed by atoms with Crippen molar-refractivity contribution >= 4 is 28.9 Å². The van der Waals surface area contributed by atoms with Crippen LogP contribution >= 0.6 is 11.8 Å². The lowest BCUT2D eigenvalue weighted by molar-refractivity contribution is 0.607. The Morgan fingerprint density at radius 2 is 2.17 bits per heavy atom. The minimum Gasteiger partial charge on any atom is -0.369 e. The van der Waals surface area contributed by atoms with Gasteiger partial charge in [0.05, 0.1) is 5.69 Å². The molecule has 2 aromatic rings. The minimum atomic E-state index is -0.328. The lowest BCUT2D eigenvalue weighted by Gasteiger charge is -2.10. The van der Waals surface area contributed by atoms with Gasteiger partial charge in [0.15, 0.2) is 11.2 Å². The van der Waals surface area contributed by atoms with E-state index in [1.807, 2.05) is 0 Å². The Morgan fingerprint density at radius 3 is 2.89 bits per heavy atom. The number of nitrogens with two attached hydrogens (primary N) is 1. The van der Waals surface area contributed by atoms with Crippen LogP contribution in [0.4, 0.5) is 5.95 Å². The summed E-state index contributed by atoms with van der Waals surface area (Å²) < 4.78 is 0. The van der Waals surface area contributed by atoms with E-state index in [0.717, 1.165) is 17.1 Å². The minimum absolute atomic E-state index is 0.0742. The van der Waals surface area contributed by atoms with Crippen LogP contribution in [-0.2, 0) is 6.42 Å². The molecule has 7 heteroatoms. The van der Waals surface area contributed by atoms with Crippen LogP contribution in [0.25, 0.3) is 11.2 Å². The molecule has 0 radical (unpaired) electrons. The molecular weight excluding hydrogens is 250 g/mol. The highest BCUT2D eigenvalue weighted by Crippen LogP contribution is 2.38. The molecule has 3 heterocycles. The first-order valence-electron chi connectivity index (χ1n) is 5.77. The Balaban J connectivity index is 2.17. The fourth-order valence-corrected chi connectivity index (χ4v) is 3.17. The smallest absolute Gasteiger partial charge is 0.280 e. The molecule has 0 amide bonds. The van der Waals surface area contributed by atoms with Gasteiger partial charge in [0.2, 0.25) is 5.95 Å². The van der Waals surface area contributed by atoms with Crippen LogP contribution in [0.3, 0.4) is 0 Å². The normalized spacial score (nSPS) is 18.5.